The van der Waals surface area contributed by atoms with Crippen molar-refractivity contribution in [2.45, 2.75) is 6.54 Å². The van der Waals surface area contributed by atoms with E-state index in [-0.39, 0.29) is 12.2 Å². The zero-order chi connectivity index (χ0) is 17.8. The zero-order valence-corrected chi connectivity index (χ0v) is 14.4. The quantitative estimate of drug-likeness (QED) is 0.306. The Hall–Kier alpha value is -3.02. The van der Waals surface area contributed by atoms with Crippen molar-refractivity contribution in [3.05, 3.63) is 61.6 Å². The molecule has 8 heteroatoms. The van der Waals surface area contributed by atoms with Crippen LogP contribution >= 0.6 is 22.7 Å². The first-order valence-electron chi connectivity index (χ1n) is 7.10. The number of carbonyl (C=O) groups excluding carboxylic acids is 1. The number of benzene rings is 1. The summed E-state index contributed by atoms with van der Waals surface area (Å²) in [6, 6.07) is 8.28. The van der Waals surface area contributed by atoms with Gasteiger partial charge in [-0.25, -0.2) is 0 Å². The van der Waals surface area contributed by atoms with Crippen LogP contribution in [0.2, 0.25) is 0 Å². The first-order chi connectivity index (χ1) is 12.1. The van der Waals surface area contributed by atoms with E-state index in [9.17, 15) is 14.9 Å². The third-order valence-electron chi connectivity index (χ3n) is 3.26. The van der Waals surface area contributed by atoms with E-state index in [1.54, 1.807) is 16.7 Å². The van der Waals surface area contributed by atoms with Gasteiger partial charge in [0.25, 0.3) is 11.6 Å². The van der Waals surface area contributed by atoms with Crippen LogP contribution in [-0.2, 0) is 11.3 Å². The van der Waals surface area contributed by atoms with Gasteiger partial charge in [0.15, 0.2) is 4.80 Å². The van der Waals surface area contributed by atoms with Crippen LogP contribution in [0.5, 0.6) is 0 Å². The molecule has 1 aromatic carbocycles. The third kappa shape index (κ3) is 3.74. The predicted molar refractivity (Wildman–Crippen MR) is 99.2 cm³/mol. The number of carbonyl (C=O) groups is 1. The third-order valence-corrected chi connectivity index (χ3v) is 5.16. The molecule has 0 spiro atoms. The van der Waals surface area contributed by atoms with Gasteiger partial charge in [0.1, 0.15) is 0 Å². The fraction of sp³-hybridized carbons (Fsp3) is 0.0588. The SMILES string of the molecule is C#CCn1c(=NC(=O)/C=C/c2cccs2)sc2ccc([N+](=O)[O-])cc21. The lowest BCUT2D eigenvalue weighted by Crippen LogP contribution is -2.15. The van der Waals surface area contributed by atoms with E-state index in [1.807, 2.05) is 17.5 Å². The zero-order valence-electron chi connectivity index (χ0n) is 12.8. The Bertz CT molecular complexity index is 1080. The van der Waals surface area contributed by atoms with Crippen molar-refractivity contribution in [3.8, 4) is 12.3 Å². The van der Waals surface area contributed by atoms with Crippen molar-refractivity contribution >= 4 is 50.6 Å². The molecule has 0 fully saturated rings. The first kappa shape index (κ1) is 16.8. The molecule has 124 valence electrons. The van der Waals surface area contributed by atoms with E-state index >= 15 is 0 Å². The number of hydrogen-bond donors (Lipinski definition) is 0. The van der Waals surface area contributed by atoms with Gasteiger partial charge in [-0.3, -0.25) is 14.9 Å². The number of aromatic nitrogens is 1. The minimum absolute atomic E-state index is 0.0356. The number of non-ortho nitro benzene ring substituents is 1. The number of nitro groups is 1. The van der Waals surface area contributed by atoms with E-state index in [0.29, 0.717) is 10.3 Å². The smallest absolute Gasteiger partial charge is 0.272 e. The van der Waals surface area contributed by atoms with Gasteiger partial charge in [-0.15, -0.1) is 17.8 Å². The average molecular weight is 369 g/mol. The summed E-state index contributed by atoms with van der Waals surface area (Å²) in [6.07, 6.45) is 8.47. The lowest BCUT2D eigenvalue weighted by molar-refractivity contribution is -0.384. The number of thiophene rings is 1. The molecular weight excluding hydrogens is 358 g/mol. The minimum atomic E-state index is -0.469. The van der Waals surface area contributed by atoms with Gasteiger partial charge in [-0.05, 0) is 23.6 Å². The molecule has 0 N–H and O–H groups in total. The summed E-state index contributed by atoms with van der Waals surface area (Å²) < 4.78 is 2.40. The van der Waals surface area contributed by atoms with E-state index in [2.05, 4.69) is 10.9 Å². The van der Waals surface area contributed by atoms with Crippen LogP contribution in [0.25, 0.3) is 16.3 Å². The Balaban J connectivity index is 2.05. The second kappa shape index (κ2) is 7.25. The molecule has 6 nitrogen and oxygen atoms in total. The van der Waals surface area contributed by atoms with Crippen molar-refractivity contribution in [3.63, 3.8) is 0 Å². The number of nitro benzene ring substituents is 1. The molecule has 0 saturated heterocycles. The van der Waals surface area contributed by atoms with Crippen LogP contribution in [0, 0.1) is 22.5 Å². The minimum Gasteiger partial charge on any atom is -0.304 e. The number of nitrogens with zero attached hydrogens (tertiary/aromatic N) is 3. The fourth-order valence-corrected chi connectivity index (χ4v) is 3.80. The maximum absolute atomic E-state index is 12.1. The highest BCUT2D eigenvalue weighted by atomic mass is 32.1. The molecule has 0 bridgehead atoms. The molecule has 0 atom stereocenters. The monoisotopic (exact) mass is 369 g/mol. The summed E-state index contributed by atoms with van der Waals surface area (Å²) in [6.45, 7) is 0.169. The van der Waals surface area contributed by atoms with Gasteiger partial charge in [0.05, 0.1) is 21.7 Å². The largest absolute Gasteiger partial charge is 0.304 e. The van der Waals surface area contributed by atoms with E-state index in [4.69, 9.17) is 6.42 Å². The fourth-order valence-electron chi connectivity index (χ4n) is 2.17. The summed E-state index contributed by atoms with van der Waals surface area (Å²) in [5.74, 6) is 2.07. The number of fused-ring (bicyclic) bond motifs is 1. The topological polar surface area (TPSA) is 77.5 Å². The van der Waals surface area contributed by atoms with Gasteiger partial charge in [0, 0.05) is 23.1 Å². The molecule has 2 aromatic heterocycles. The highest BCUT2D eigenvalue weighted by Crippen LogP contribution is 2.23. The average Bonchev–Trinajstić information content (AvgIpc) is 3.21. The van der Waals surface area contributed by atoms with E-state index in [1.165, 1.54) is 40.9 Å². The van der Waals surface area contributed by atoms with Crippen LogP contribution in [-0.4, -0.2) is 15.4 Å². The van der Waals surface area contributed by atoms with Crippen LogP contribution < -0.4 is 4.80 Å². The molecule has 0 saturated carbocycles. The molecule has 0 aliphatic heterocycles. The van der Waals surface area contributed by atoms with Crippen molar-refractivity contribution < 1.29 is 9.72 Å². The Kier molecular flexibility index (Phi) is 4.88. The summed E-state index contributed by atoms with van der Waals surface area (Å²) in [7, 11) is 0. The van der Waals surface area contributed by atoms with Gasteiger partial charge in [-0.1, -0.05) is 23.3 Å². The van der Waals surface area contributed by atoms with Crippen LogP contribution in [0.3, 0.4) is 0 Å². The van der Waals surface area contributed by atoms with Crippen LogP contribution in [0.1, 0.15) is 4.88 Å². The van der Waals surface area contributed by atoms with Gasteiger partial charge >= 0.3 is 0 Å². The normalized spacial score (nSPS) is 11.9. The molecule has 3 rings (SSSR count). The van der Waals surface area contributed by atoms with Gasteiger partial charge in [0.2, 0.25) is 0 Å². The van der Waals surface area contributed by atoms with Crippen molar-refractivity contribution in [1.82, 2.24) is 4.57 Å². The predicted octanol–water partition coefficient (Wildman–Crippen LogP) is 3.45. The van der Waals surface area contributed by atoms with Crippen LogP contribution in [0.15, 0.2) is 46.8 Å². The summed E-state index contributed by atoms with van der Waals surface area (Å²) >= 11 is 2.78. The molecule has 3 aromatic rings. The Morgan fingerprint density at radius 2 is 2.28 bits per heavy atom. The lowest BCUT2D eigenvalue weighted by atomic mass is 10.3. The molecule has 2 heterocycles. The number of hydrogen-bond acceptors (Lipinski definition) is 5. The molecule has 25 heavy (non-hydrogen) atoms. The molecule has 1 amide bonds. The first-order valence-corrected chi connectivity index (χ1v) is 8.79. The van der Waals surface area contributed by atoms with E-state index < -0.39 is 10.8 Å². The Morgan fingerprint density at radius 3 is 2.96 bits per heavy atom. The maximum Gasteiger partial charge on any atom is 0.272 e. The Morgan fingerprint density at radius 1 is 1.44 bits per heavy atom. The summed E-state index contributed by atoms with van der Waals surface area (Å²) in [5, 5.41) is 12.9. The van der Waals surface area contributed by atoms with Crippen molar-refractivity contribution in [1.29, 1.82) is 0 Å². The second-order valence-electron chi connectivity index (χ2n) is 4.88. The Labute approximate surface area is 150 Å². The molecule has 0 aliphatic carbocycles. The molecule has 0 aliphatic rings. The highest BCUT2D eigenvalue weighted by Gasteiger charge is 2.12. The summed E-state index contributed by atoms with van der Waals surface area (Å²) in [5.41, 5.74) is 0.553. The molecule has 0 unspecified atom stereocenters. The molecular formula is C17H11N3O3S2. The number of terminal acetylenes is 1. The standard InChI is InChI=1S/C17H11N3O3S2/c1-2-9-19-14-11-12(20(22)23)5-7-15(14)25-17(19)18-16(21)8-6-13-4-3-10-24-13/h1,3-8,10-11H,9H2/b8-6+,18-17?. The molecule has 0 radical (unpaired) electrons. The van der Waals surface area contributed by atoms with Gasteiger partial charge in [-0.2, -0.15) is 4.99 Å². The summed E-state index contributed by atoms with van der Waals surface area (Å²) in [4.78, 5) is 28.0. The number of thiazole rings is 1. The van der Waals surface area contributed by atoms with Crippen molar-refractivity contribution in [2.75, 3.05) is 0 Å². The van der Waals surface area contributed by atoms with Gasteiger partial charge < -0.3 is 4.57 Å². The second-order valence-corrected chi connectivity index (χ2v) is 6.87. The number of rotatable bonds is 4. The number of amides is 1. The maximum atomic E-state index is 12.1. The van der Waals surface area contributed by atoms with Crippen LogP contribution in [0.4, 0.5) is 5.69 Å². The van der Waals surface area contributed by atoms with E-state index in [0.717, 1.165) is 9.58 Å². The highest BCUT2D eigenvalue weighted by molar-refractivity contribution is 7.16. The van der Waals surface area contributed by atoms with Crippen molar-refractivity contribution in [2.24, 2.45) is 4.99 Å². The lowest BCUT2D eigenvalue weighted by Gasteiger charge is -1.99.